The molecule has 1 aromatic rings. The quantitative estimate of drug-likeness (QED) is 0.789. The molecule has 0 atom stereocenters. The molecule has 110 valence electrons. The number of Topliss-reactive ketones (excluding diaryl/α,β-unsaturated/α-hetero) is 1. The van der Waals surface area contributed by atoms with Crippen molar-refractivity contribution < 1.29 is 14.4 Å². The summed E-state index contributed by atoms with van der Waals surface area (Å²) in [6.45, 7) is 4.40. The van der Waals surface area contributed by atoms with E-state index in [1.165, 1.54) is 4.90 Å². The first-order valence-electron chi connectivity index (χ1n) is 7.29. The van der Waals surface area contributed by atoms with E-state index in [4.69, 9.17) is 0 Å². The summed E-state index contributed by atoms with van der Waals surface area (Å²) in [4.78, 5) is 39.6. The summed E-state index contributed by atoms with van der Waals surface area (Å²) in [5.74, 6) is -1.21. The van der Waals surface area contributed by atoms with Gasteiger partial charge in [0.25, 0.3) is 11.7 Å². The van der Waals surface area contributed by atoms with Gasteiger partial charge in [-0.1, -0.05) is 11.6 Å². The molecule has 1 aliphatic heterocycles. The lowest BCUT2D eigenvalue weighted by molar-refractivity contribution is -0.131. The number of carbonyl (C=O) groups excluding carboxylic acids is 3. The molecule has 0 spiro atoms. The van der Waals surface area contributed by atoms with Crippen molar-refractivity contribution in [1.29, 1.82) is 0 Å². The molecule has 3 rings (SSSR count). The average molecular weight is 286 g/mol. The molecule has 5 heteroatoms. The van der Waals surface area contributed by atoms with Crippen molar-refractivity contribution in [2.24, 2.45) is 0 Å². The highest BCUT2D eigenvalue weighted by atomic mass is 16.2. The number of likely N-dealkylation sites (N-methyl/N-ethyl adjacent to an activating group) is 1. The van der Waals surface area contributed by atoms with E-state index in [-0.39, 0.29) is 12.5 Å². The lowest BCUT2D eigenvalue weighted by Gasteiger charge is -2.24. The van der Waals surface area contributed by atoms with Crippen molar-refractivity contribution >= 4 is 23.3 Å². The minimum absolute atomic E-state index is 0.0506. The van der Waals surface area contributed by atoms with Crippen LogP contribution in [0.3, 0.4) is 0 Å². The summed E-state index contributed by atoms with van der Waals surface area (Å²) in [5.41, 5.74) is 1.88. The van der Waals surface area contributed by atoms with Gasteiger partial charge in [-0.25, -0.2) is 0 Å². The average Bonchev–Trinajstić information content (AvgIpc) is 3.25. The number of amides is 2. The first kappa shape index (κ1) is 13.8. The molecule has 1 aliphatic carbocycles. The fraction of sp³-hybridized carbons (Fsp3) is 0.438. The maximum Gasteiger partial charge on any atom is 0.299 e. The molecule has 0 aromatic heterocycles. The molecule has 2 amide bonds. The Labute approximate surface area is 123 Å². The Morgan fingerprint density at radius 3 is 2.67 bits per heavy atom. The maximum absolute atomic E-state index is 12.4. The zero-order valence-electron chi connectivity index (χ0n) is 12.3. The third-order valence-corrected chi connectivity index (χ3v) is 4.07. The number of anilines is 1. The number of nitrogens with zero attached hydrogens (tertiary/aromatic N) is 2. The van der Waals surface area contributed by atoms with E-state index in [2.05, 4.69) is 0 Å². The van der Waals surface area contributed by atoms with E-state index >= 15 is 0 Å². The number of benzene rings is 1. The molecule has 1 aromatic carbocycles. The smallest absolute Gasteiger partial charge is 0.299 e. The van der Waals surface area contributed by atoms with Gasteiger partial charge in [0.2, 0.25) is 5.91 Å². The SMILES string of the molecule is CCN(C(=O)CN1C(=O)C(=O)c2cc(C)ccc21)C1CC1. The van der Waals surface area contributed by atoms with Crippen LogP contribution in [0.1, 0.15) is 35.7 Å². The minimum atomic E-state index is -0.601. The molecule has 21 heavy (non-hydrogen) atoms. The Morgan fingerprint density at radius 2 is 2.05 bits per heavy atom. The zero-order chi connectivity index (χ0) is 15.1. The van der Waals surface area contributed by atoms with Gasteiger partial charge >= 0.3 is 0 Å². The van der Waals surface area contributed by atoms with Gasteiger partial charge in [0.05, 0.1) is 11.3 Å². The van der Waals surface area contributed by atoms with Gasteiger partial charge in [0, 0.05) is 12.6 Å². The van der Waals surface area contributed by atoms with Crippen LogP contribution in [0.5, 0.6) is 0 Å². The molecule has 0 radical (unpaired) electrons. The number of rotatable bonds is 4. The summed E-state index contributed by atoms with van der Waals surface area (Å²) in [7, 11) is 0. The molecule has 0 N–H and O–H groups in total. The number of aryl methyl sites for hydroxylation is 1. The van der Waals surface area contributed by atoms with Crippen molar-refractivity contribution in [3.63, 3.8) is 0 Å². The summed E-state index contributed by atoms with van der Waals surface area (Å²) >= 11 is 0. The highest BCUT2D eigenvalue weighted by Crippen LogP contribution is 2.31. The summed E-state index contributed by atoms with van der Waals surface area (Å²) in [5, 5.41) is 0. The molecule has 2 aliphatic rings. The van der Waals surface area contributed by atoms with E-state index in [1.54, 1.807) is 17.0 Å². The second-order valence-corrected chi connectivity index (χ2v) is 5.65. The predicted molar refractivity (Wildman–Crippen MR) is 78.3 cm³/mol. The van der Waals surface area contributed by atoms with Gasteiger partial charge in [-0.15, -0.1) is 0 Å². The first-order valence-corrected chi connectivity index (χ1v) is 7.29. The Balaban J connectivity index is 1.84. The van der Waals surface area contributed by atoms with Crippen molar-refractivity contribution in [2.75, 3.05) is 18.0 Å². The van der Waals surface area contributed by atoms with Crippen LogP contribution in [0, 0.1) is 6.92 Å². The van der Waals surface area contributed by atoms with Gasteiger partial charge < -0.3 is 4.90 Å². The normalized spacial score (nSPS) is 17.1. The number of fused-ring (bicyclic) bond motifs is 1. The second-order valence-electron chi connectivity index (χ2n) is 5.65. The standard InChI is InChI=1S/C16H18N2O3/c1-3-17(11-5-6-11)14(19)9-18-13-7-4-10(2)8-12(13)15(20)16(18)21/h4,7-8,11H,3,5-6,9H2,1-2H3. The summed E-state index contributed by atoms with van der Waals surface area (Å²) in [6.07, 6.45) is 2.06. The van der Waals surface area contributed by atoms with E-state index in [0.29, 0.717) is 23.8 Å². The van der Waals surface area contributed by atoms with E-state index < -0.39 is 11.7 Å². The number of carbonyl (C=O) groups is 3. The maximum atomic E-state index is 12.4. The van der Waals surface area contributed by atoms with Crippen LogP contribution in [0.4, 0.5) is 5.69 Å². The zero-order valence-corrected chi connectivity index (χ0v) is 12.3. The number of hydrogen-bond donors (Lipinski definition) is 0. The van der Waals surface area contributed by atoms with Crippen molar-refractivity contribution in [2.45, 2.75) is 32.7 Å². The van der Waals surface area contributed by atoms with Crippen LogP contribution < -0.4 is 4.90 Å². The third kappa shape index (κ3) is 2.33. The predicted octanol–water partition coefficient (Wildman–Crippen LogP) is 1.54. The largest absolute Gasteiger partial charge is 0.338 e. The lowest BCUT2D eigenvalue weighted by atomic mass is 10.1. The fourth-order valence-corrected chi connectivity index (χ4v) is 2.82. The number of hydrogen-bond acceptors (Lipinski definition) is 3. The van der Waals surface area contributed by atoms with Crippen LogP contribution in [-0.2, 0) is 9.59 Å². The highest BCUT2D eigenvalue weighted by molar-refractivity contribution is 6.52. The van der Waals surface area contributed by atoms with Crippen LogP contribution in [0.15, 0.2) is 18.2 Å². The van der Waals surface area contributed by atoms with Crippen LogP contribution in [0.25, 0.3) is 0 Å². The van der Waals surface area contributed by atoms with Crippen molar-refractivity contribution in [3.8, 4) is 0 Å². The molecular weight excluding hydrogens is 268 g/mol. The second kappa shape index (κ2) is 4.98. The summed E-state index contributed by atoms with van der Waals surface area (Å²) in [6, 6.07) is 5.61. The Bertz CT molecular complexity index is 634. The van der Waals surface area contributed by atoms with Crippen LogP contribution >= 0.6 is 0 Å². The van der Waals surface area contributed by atoms with Crippen LogP contribution in [0.2, 0.25) is 0 Å². The molecule has 0 bridgehead atoms. The number of ketones is 1. The molecule has 0 saturated heterocycles. The highest BCUT2D eigenvalue weighted by Gasteiger charge is 2.39. The van der Waals surface area contributed by atoms with Crippen LogP contribution in [-0.4, -0.2) is 41.6 Å². The first-order chi connectivity index (χ1) is 10.0. The molecule has 1 fully saturated rings. The van der Waals surface area contributed by atoms with Gasteiger partial charge in [0.15, 0.2) is 0 Å². The van der Waals surface area contributed by atoms with Crippen molar-refractivity contribution in [3.05, 3.63) is 29.3 Å². The Hall–Kier alpha value is -2.17. The Kier molecular flexibility index (Phi) is 3.27. The van der Waals surface area contributed by atoms with E-state index in [0.717, 1.165) is 18.4 Å². The summed E-state index contributed by atoms with van der Waals surface area (Å²) < 4.78 is 0. The Morgan fingerprint density at radius 1 is 1.33 bits per heavy atom. The monoisotopic (exact) mass is 286 g/mol. The van der Waals surface area contributed by atoms with Crippen molar-refractivity contribution in [1.82, 2.24) is 4.90 Å². The topological polar surface area (TPSA) is 57.7 Å². The molecule has 1 saturated carbocycles. The fourth-order valence-electron chi connectivity index (χ4n) is 2.82. The van der Waals surface area contributed by atoms with Gasteiger partial charge in [-0.05, 0) is 38.8 Å². The molecule has 1 heterocycles. The third-order valence-electron chi connectivity index (χ3n) is 4.07. The lowest BCUT2D eigenvalue weighted by Crippen LogP contribution is -2.43. The minimum Gasteiger partial charge on any atom is -0.338 e. The van der Waals surface area contributed by atoms with Gasteiger partial charge in [-0.2, -0.15) is 0 Å². The van der Waals surface area contributed by atoms with Gasteiger partial charge in [-0.3, -0.25) is 19.3 Å². The molecule has 5 nitrogen and oxygen atoms in total. The molecular formula is C16H18N2O3. The van der Waals surface area contributed by atoms with Gasteiger partial charge in [0.1, 0.15) is 6.54 Å². The van der Waals surface area contributed by atoms with E-state index in [1.807, 2.05) is 19.9 Å². The molecule has 0 unspecified atom stereocenters. The van der Waals surface area contributed by atoms with E-state index in [9.17, 15) is 14.4 Å².